The number of furan rings is 1. The maximum atomic E-state index is 13.8. The summed E-state index contributed by atoms with van der Waals surface area (Å²) in [6.45, 7) is 3.89. The molecule has 140 valence electrons. The van der Waals surface area contributed by atoms with Crippen molar-refractivity contribution in [3.63, 3.8) is 0 Å². The highest BCUT2D eigenvalue weighted by atomic mass is 19.1. The minimum atomic E-state index is -0.837. The van der Waals surface area contributed by atoms with Crippen molar-refractivity contribution in [2.24, 2.45) is 0 Å². The normalized spacial score (nSPS) is 10.9. The Morgan fingerprint density at radius 2 is 1.96 bits per heavy atom. The van der Waals surface area contributed by atoms with Gasteiger partial charge >= 0.3 is 5.97 Å². The van der Waals surface area contributed by atoms with Crippen molar-refractivity contribution in [1.29, 1.82) is 0 Å². The molecule has 0 unspecified atom stereocenters. The van der Waals surface area contributed by atoms with Gasteiger partial charge in [0.25, 0.3) is 0 Å². The number of rotatable bonds is 7. The van der Waals surface area contributed by atoms with E-state index in [0.717, 1.165) is 16.7 Å². The fourth-order valence-electron chi connectivity index (χ4n) is 3.05. The summed E-state index contributed by atoms with van der Waals surface area (Å²) in [6, 6.07) is 7.75. The lowest BCUT2D eigenvalue weighted by molar-refractivity contribution is -0.136. The molecule has 6 heteroatoms. The number of fused-ring (bicyclic) bond motifs is 1. The molecule has 1 heterocycles. The van der Waals surface area contributed by atoms with Crippen molar-refractivity contribution >= 4 is 23.2 Å². The number of aryl methyl sites for hydroxylation is 1. The first-order valence-electron chi connectivity index (χ1n) is 8.50. The third-order valence-electron chi connectivity index (χ3n) is 4.63. The number of hydrogen-bond donors (Lipinski definition) is 1. The van der Waals surface area contributed by atoms with Crippen LogP contribution in [-0.4, -0.2) is 17.4 Å². The van der Waals surface area contributed by atoms with Crippen molar-refractivity contribution in [2.45, 2.75) is 33.3 Å². The Kier molecular flexibility index (Phi) is 5.26. The number of carboxylic acid groups (broad SMARTS) is 1. The SMILES string of the molecule is Cc1c(CCC(=O)O)ccc(OCc2cc(F)cc3cc(C=O)oc23)c1C. The fourth-order valence-corrected chi connectivity index (χ4v) is 3.05. The summed E-state index contributed by atoms with van der Waals surface area (Å²) in [5.41, 5.74) is 3.76. The molecule has 0 saturated carbocycles. The maximum Gasteiger partial charge on any atom is 0.303 e. The Morgan fingerprint density at radius 3 is 2.67 bits per heavy atom. The van der Waals surface area contributed by atoms with E-state index in [1.165, 1.54) is 18.2 Å². The first-order valence-corrected chi connectivity index (χ1v) is 8.50. The molecule has 3 rings (SSSR count). The average molecular weight is 370 g/mol. The lowest BCUT2D eigenvalue weighted by Gasteiger charge is -2.14. The molecule has 0 spiro atoms. The zero-order valence-electron chi connectivity index (χ0n) is 15.0. The largest absolute Gasteiger partial charge is 0.488 e. The van der Waals surface area contributed by atoms with E-state index in [9.17, 15) is 14.0 Å². The van der Waals surface area contributed by atoms with Crippen molar-refractivity contribution in [3.05, 3.63) is 64.2 Å². The van der Waals surface area contributed by atoms with E-state index >= 15 is 0 Å². The van der Waals surface area contributed by atoms with Crippen LogP contribution in [0.1, 0.15) is 39.2 Å². The van der Waals surface area contributed by atoms with Gasteiger partial charge in [-0.15, -0.1) is 0 Å². The van der Waals surface area contributed by atoms with Gasteiger partial charge in [0.2, 0.25) is 0 Å². The molecular formula is C21H19FO5. The lowest BCUT2D eigenvalue weighted by atomic mass is 9.99. The van der Waals surface area contributed by atoms with E-state index in [0.29, 0.717) is 35.0 Å². The summed E-state index contributed by atoms with van der Waals surface area (Å²) < 4.78 is 25.2. The number of aldehydes is 1. The molecule has 27 heavy (non-hydrogen) atoms. The second kappa shape index (κ2) is 7.61. The smallest absolute Gasteiger partial charge is 0.303 e. The quantitative estimate of drug-likeness (QED) is 0.615. The number of aliphatic carboxylic acids is 1. The average Bonchev–Trinajstić information content (AvgIpc) is 3.04. The van der Waals surface area contributed by atoms with Gasteiger partial charge in [0.1, 0.15) is 23.8 Å². The van der Waals surface area contributed by atoms with Crippen LogP contribution in [0.5, 0.6) is 5.75 Å². The van der Waals surface area contributed by atoms with Crippen molar-refractivity contribution in [3.8, 4) is 5.75 Å². The zero-order chi connectivity index (χ0) is 19.6. The zero-order valence-corrected chi connectivity index (χ0v) is 15.0. The van der Waals surface area contributed by atoms with E-state index in [4.69, 9.17) is 14.3 Å². The number of ether oxygens (including phenoxy) is 1. The van der Waals surface area contributed by atoms with Crippen molar-refractivity contribution in [2.75, 3.05) is 0 Å². The summed E-state index contributed by atoms with van der Waals surface area (Å²) >= 11 is 0. The predicted molar refractivity (Wildman–Crippen MR) is 97.8 cm³/mol. The topological polar surface area (TPSA) is 76.7 Å². The molecule has 0 saturated heterocycles. The second-order valence-corrected chi connectivity index (χ2v) is 6.41. The van der Waals surface area contributed by atoms with Crippen LogP contribution in [0.25, 0.3) is 11.0 Å². The first-order chi connectivity index (χ1) is 12.9. The molecule has 0 bridgehead atoms. The van der Waals surface area contributed by atoms with Crippen LogP contribution in [-0.2, 0) is 17.8 Å². The number of hydrogen-bond acceptors (Lipinski definition) is 4. The third kappa shape index (κ3) is 4.00. The van der Waals surface area contributed by atoms with E-state index in [-0.39, 0.29) is 18.8 Å². The van der Waals surface area contributed by atoms with Gasteiger partial charge < -0.3 is 14.3 Å². The van der Waals surface area contributed by atoms with Crippen LogP contribution in [0.3, 0.4) is 0 Å². The summed E-state index contributed by atoms with van der Waals surface area (Å²) in [5, 5.41) is 9.35. The molecule has 0 radical (unpaired) electrons. The van der Waals surface area contributed by atoms with E-state index in [2.05, 4.69) is 0 Å². The highest BCUT2D eigenvalue weighted by Crippen LogP contribution is 2.28. The van der Waals surface area contributed by atoms with Gasteiger partial charge in [-0.25, -0.2) is 4.39 Å². The predicted octanol–water partition coefficient (Wildman–Crippen LogP) is 4.60. The van der Waals surface area contributed by atoms with Gasteiger partial charge in [0, 0.05) is 17.4 Å². The van der Waals surface area contributed by atoms with Gasteiger partial charge in [-0.3, -0.25) is 9.59 Å². The number of halogens is 1. The van der Waals surface area contributed by atoms with Crippen LogP contribution in [0.15, 0.2) is 34.7 Å². The Morgan fingerprint density at radius 1 is 1.19 bits per heavy atom. The van der Waals surface area contributed by atoms with Crippen LogP contribution in [0.4, 0.5) is 4.39 Å². The summed E-state index contributed by atoms with van der Waals surface area (Å²) in [7, 11) is 0. The molecule has 0 aliphatic carbocycles. The van der Waals surface area contributed by atoms with Gasteiger partial charge in [-0.05, 0) is 61.2 Å². The molecule has 0 amide bonds. The van der Waals surface area contributed by atoms with Gasteiger partial charge in [0.15, 0.2) is 12.0 Å². The Balaban J connectivity index is 1.83. The van der Waals surface area contributed by atoms with Gasteiger partial charge in [-0.1, -0.05) is 6.07 Å². The number of carbonyl (C=O) groups is 2. The highest BCUT2D eigenvalue weighted by molar-refractivity contribution is 5.87. The molecule has 0 fully saturated rings. The van der Waals surface area contributed by atoms with E-state index < -0.39 is 11.8 Å². The van der Waals surface area contributed by atoms with Crippen molar-refractivity contribution < 1.29 is 28.2 Å². The lowest BCUT2D eigenvalue weighted by Crippen LogP contribution is -2.03. The van der Waals surface area contributed by atoms with Crippen LogP contribution in [0.2, 0.25) is 0 Å². The first kappa shape index (κ1) is 18.6. The minimum absolute atomic E-state index is 0.0688. The summed E-state index contributed by atoms with van der Waals surface area (Å²) in [5.74, 6) is -0.510. The minimum Gasteiger partial charge on any atom is -0.488 e. The summed E-state index contributed by atoms with van der Waals surface area (Å²) in [6.07, 6.45) is 1.10. The number of carbonyl (C=O) groups excluding carboxylic acids is 1. The van der Waals surface area contributed by atoms with Crippen LogP contribution < -0.4 is 4.74 Å². The number of carboxylic acids is 1. The molecule has 1 N–H and O–H groups in total. The highest BCUT2D eigenvalue weighted by Gasteiger charge is 2.13. The Hall–Kier alpha value is -3.15. The molecule has 2 aromatic carbocycles. The van der Waals surface area contributed by atoms with Crippen LogP contribution in [0, 0.1) is 19.7 Å². The Labute approximate surface area is 155 Å². The van der Waals surface area contributed by atoms with Gasteiger partial charge in [-0.2, -0.15) is 0 Å². The molecule has 3 aromatic rings. The Bertz CT molecular complexity index is 1020. The van der Waals surface area contributed by atoms with Crippen LogP contribution >= 0.6 is 0 Å². The number of benzene rings is 2. The third-order valence-corrected chi connectivity index (χ3v) is 4.63. The summed E-state index contributed by atoms with van der Waals surface area (Å²) in [4.78, 5) is 21.7. The van der Waals surface area contributed by atoms with E-state index in [1.807, 2.05) is 19.9 Å². The maximum absolute atomic E-state index is 13.8. The fraction of sp³-hybridized carbons (Fsp3) is 0.238. The molecular weight excluding hydrogens is 351 g/mol. The van der Waals surface area contributed by atoms with E-state index in [1.54, 1.807) is 6.07 Å². The molecule has 0 aliphatic rings. The standard InChI is InChI=1S/C21H19FO5/c1-12-13(2)19(5-3-14(12)4-6-20(24)25)26-11-16-8-17(22)7-15-9-18(10-23)27-21(15)16/h3,5,7-10H,4,6,11H2,1-2H3,(H,24,25). The van der Waals surface area contributed by atoms with Gasteiger partial charge in [0.05, 0.1) is 0 Å². The molecule has 1 aromatic heterocycles. The monoisotopic (exact) mass is 370 g/mol. The molecule has 0 aliphatic heterocycles. The molecule has 5 nitrogen and oxygen atoms in total. The molecule has 0 atom stereocenters. The van der Waals surface area contributed by atoms with Crippen molar-refractivity contribution in [1.82, 2.24) is 0 Å². The second-order valence-electron chi connectivity index (χ2n) is 6.41.